The second-order valence-corrected chi connectivity index (χ2v) is 4.46. The van der Waals surface area contributed by atoms with Gasteiger partial charge in [-0.15, -0.1) is 0 Å². The van der Waals surface area contributed by atoms with E-state index in [9.17, 15) is 0 Å². The largest absolute Gasteiger partial charge is 0.388 e. The van der Waals surface area contributed by atoms with Crippen LogP contribution < -0.4 is 10.2 Å². The first-order valence-electron chi connectivity index (χ1n) is 6.32. The molecule has 18 heavy (non-hydrogen) atoms. The zero-order chi connectivity index (χ0) is 12.8. The highest BCUT2D eigenvalue weighted by Gasteiger charge is 2.01. The van der Waals surface area contributed by atoms with Crippen LogP contribution in [0.15, 0.2) is 54.6 Å². The molecule has 0 spiro atoms. The monoisotopic (exact) mass is 240 g/mol. The van der Waals surface area contributed by atoms with Crippen LogP contribution in [0.25, 0.3) is 0 Å². The van der Waals surface area contributed by atoms with Gasteiger partial charge in [-0.25, -0.2) is 0 Å². The molecule has 0 aliphatic heterocycles. The second-order valence-electron chi connectivity index (χ2n) is 4.46. The minimum Gasteiger partial charge on any atom is -0.388 e. The van der Waals surface area contributed by atoms with Crippen LogP contribution in [0, 0.1) is 0 Å². The summed E-state index contributed by atoms with van der Waals surface area (Å²) in [6.07, 6.45) is 1.07. The molecule has 1 N–H and O–H groups in total. The average Bonchev–Trinajstić information content (AvgIpc) is 2.46. The lowest BCUT2D eigenvalue weighted by atomic mass is 10.1. The molecule has 0 aliphatic carbocycles. The first kappa shape index (κ1) is 12.5. The minimum absolute atomic E-state index is 1.02. The van der Waals surface area contributed by atoms with Crippen LogP contribution in [0.2, 0.25) is 0 Å². The Morgan fingerprint density at radius 3 is 2.50 bits per heavy atom. The van der Waals surface area contributed by atoms with Crippen molar-refractivity contribution in [2.75, 3.05) is 30.9 Å². The SMILES string of the molecule is CNc1cccc(N(C)CCc2ccccc2)c1. The summed E-state index contributed by atoms with van der Waals surface area (Å²) >= 11 is 0. The lowest BCUT2D eigenvalue weighted by Gasteiger charge is -2.20. The summed E-state index contributed by atoms with van der Waals surface area (Å²) in [5.74, 6) is 0. The molecule has 0 unspecified atom stereocenters. The summed E-state index contributed by atoms with van der Waals surface area (Å²) < 4.78 is 0. The standard InChI is InChI=1S/C16H20N2/c1-17-15-9-6-10-16(13-15)18(2)12-11-14-7-4-3-5-8-14/h3-10,13,17H,11-12H2,1-2H3. The van der Waals surface area contributed by atoms with Gasteiger partial charge in [0.25, 0.3) is 0 Å². The van der Waals surface area contributed by atoms with Crippen LogP contribution in [-0.4, -0.2) is 20.6 Å². The Bertz CT molecular complexity index is 479. The van der Waals surface area contributed by atoms with Crippen LogP contribution in [0.4, 0.5) is 11.4 Å². The number of benzene rings is 2. The molecule has 2 nitrogen and oxygen atoms in total. The van der Waals surface area contributed by atoms with E-state index >= 15 is 0 Å². The van der Waals surface area contributed by atoms with Crippen LogP contribution in [0.1, 0.15) is 5.56 Å². The summed E-state index contributed by atoms with van der Waals surface area (Å²) in [4.78, 5) is 2.29. The molecule has 0 atom stereocenters. The van der Waals surface area contributed by atoms with E-state index in [2.05, 4.69) is 71.9 Å². The number of likely N-dealkylation sites (N-methyl/N-ethyl adjacent to an activating group) is 1. The third-order valence-electron chi connectivity index (χ3n) is 3.15. The topological polar surface area (TPSA) is 15.3 Å². The van der Waals surface area contributed by atoms with Crippen LogP contribution >= 0.6 is 0 Å². The summed E-state index contributed by atoms with van der Waals surface area (Å²) in [5, 5.41) is 3.17. The van der Waals surface area contributed by atoms with E-state index in [0.717, 1.165) is 18.7 Å². The van der Waals surface area contributed by atoms with Crippen LogP contribution in [0.5, 0.6) is 0 Å². The molecular formula is C16H20N2. The van der Waals surface area contributed by atoms with Gasteiger partial charge in [-0.1, -0.05) is 36.4 Å². The lowest BCUT2D eigenvalue weighted by molar-refractivity contribution is 0.877. The number of hydrogen-bond acceptors (Lipinski definition) is 2. The number of nitrogens with one attached hydrogen (secondary N) is 1. The predicted octanol–water partition coefficient (Wildman–Crippen LogP) is 3.41. The van der Waals surface area contributed by atoms with Crippen LogP contribution in [0.3, 0.4) is 0 Å². The molecule has 0 aliphatic rings. The zero-order valence-corrected chi connectivity index (χ0v) is 11.1. The molecule has 2 aromatic rings. The van der Waals surface area contributed by atoms with Crippen molar-refractivity contribution in [1.82, 2.24) is 0 Å². The van der Waals surface area contributed by atoms with E-state index in [1.54, 1.807) is 0 Å². The second kappa shape index (κ2) is 6.10. The number of anilines is 2. The molecule has 94 valence electrons. The fourth-order valence-corrected chi connectivity index (χ4v) is 1.97. The third-order valence-corrected chi connectivity index (χ3v) is 3.15. The molecule has 2 aromatic carbocycles. The van der Waals surface area contributed by atoms with E-state index in [1.807, 2.05) is 7.05 Å². The molecule has 2 rings (SSSR count). The third kappa shape index (κ3) is 3.27. The van der Waals surface area contributed by atoms with Gasteiger partial charge in [0.2, 0.25) is 0 Å². The van der Waals surface area contributed by atoms with Gasteiger partial charge in [-0.3, -0.25) is 0 Å². The number of nitrogens with zero attached hydrogens (tertiary/aromatic N) is 1. The summed E-state index contributed by atoms with van der Waals surface area (Å²) in [6, 6.07) is 19.1. The fraction of sp³-hybridized carbons (Fsp3) is 0.250. The van der Waals surface area contributed by atoms with Crippen molar-refractivity contribution in [3.63, 3.8) is 0 Å². The average molecular weight is 240 g/mol. The highest BCUT2D eigenvalue weighted by atomic mass is 15.1. The summed E-state index contributed by atoms with van der Waals surface area (Å²) in [5.41, 5.74) is 3.78. The van der Waals surface area contributed by atoms with Crippen molar-refractivity contribution >= 4 is 11.4 Å². The summed E-state index contributed by atoms with van der Waals surface area (Å²) in [7, 11) is 4.08. The first-order chi connectivity index (χ1) is 8.79. The first-order valence-corrected chi connectivity index (χ1v) is 6.32. The maximum absolute atomic E-state index is 3.17. The molecule has 0 saturated carbocycles. The van der Waals surface area contributed by atoms with Gasteiger partial charge in [-0.2, -0.15) is 0 Å². The Balaban J connectivity index is 1.97. The highest BCUT2D eigenvalue weighted by molar-refractivity contribution is 5.57. The molecule has 0 amide bonds. The molecule has 0 fully saturated rings. The lowest BCUT2D eigenvalue weighted by Crippen LogP contribution is -2.20. The van der Waals surface area contributed by atoms with E-state index < -0.39 is 0 Å². The smallest absolute Gasteiger partial charge is 0.0384 e. The van der Waals surface area contributed by atoms with Crippen LogP contribution in [-0.2, 0) is 6.42 Å². The normalized spacial score (nSPS) is 10.1. The van der Waals surface area contributed by atoms with Gasteiger partial charge in [0, 0.05) is 32.0 Å². The number of hydrogen-bond donors (Lipinski definition) is 1. The van der Waals surface area contributed by atoms with E-state index in [-0.39, 0.29) is 0 Å². The molecule has 0 aromatic heterocycles. The molecule has 0 saturated heterocycles. The summed E-state index contributed by atoms with van der Waals surface area (Å²) in [6.45, 7) is 1.02. The maximum atomic E-state index is 3.17. The van der Waals surface area contributed by atoms with Gasteiger partial charge in [0.1, 0.15) is 0 Å². The van der Waals surface area contributed by atoms with E-state index in [1.165, 1.54) is 11.3 Å². The van der Waals surface area contributed by atoms with Gasteiger partial charge < -0.3 is 10.2 Å². The van der Waals surface area contributed by atoms with Crippen molar-refractivity contribution < 1.29 is 0 Å². The van der Waals surface area contributed by atoms with Gasteiger partial charge in [0.15, 0.2) is 0 Å². The Morgan fingerprint density at radius 2 is 1.78 bits per heavy atom. The Hall–Kier alpha value is -1.96. The van der Waals surface area contributed by atoms with Crippen molar-refractivity contribution in [1.29, 1.82) is 0 Å². The van der Waals surface area contributed by atoms with Gasteiger partial charge in [0.05, 0.1) is 0 Å². The molecule has 2 heteroatoms. The molecule has 0 radical (unpaired) electrons. The van der Waals surface area contributed by atoms with E-state index in [4.69, 9.17) is 0 Å². The Kier molecular flexibility index (Phi) is 4.24. The fourth-order valence-electron chi connectivity index (χ4n) is 1.97. The molecular weight excluding hydrogens is 220 g/mol. The zero-order valence-electron chi connectivity index (χ0n) is 11.1. The van der Waals surface area contributed by atoms with E-state index in [0.29, 0.717) is 0 Å². The number of rotatable bonds is 5. The predicted molar refractivity (Wildman–Crippen MR) is 79.4 cm³/mol. The van der Waals surface area contributed by atoms with Gasteiger partial charge >= 0.3 is 0 Å². The maximum Gasteiger partial charge on any atom is 0.0384 e. The Labute approximate surface area is 109 Å². The molecule has 0 bridgehead atoms. The van der Waals surface area contributed by atoms with Crippen molar-refractivity contribution in [2.45, 2.75) is 6.42 Å². The van der Waals surface area contributed by atoms with Crippen molar-refractivity contribution in [2.24, 2.45) is 0 Å². The molecule has 0 heterocycles. The highest BCUT2D eigenvalue weighted by Crippen LogP contribution is 2.18. The minimum atomic E-state index is 1.02. The van der Waals surface area contributed by atoms with Crippen molar-refractivity contribution in [3.05, 3.63) is 60.2 Å². The quantitative estimate of drug-likeness (QED) is 0.861. The van der Waals surface area contributed by atoms with Gasteiger partial charge in [-0.05, 0) is 30.2 Å². The van der Waals surface area contributed by atoms with Crippen molar-refractivity contribution in [3.8, 4) is 0 Å². The Morgan fingerprint density at radius 1 is 1.00 bits per heavy atom.